The summed E-state index contributed by atoms with van der Waals surface area (Å²) in [5.41, 5.74) is 3.98. The van der Waals surface area contributed by atoms with Crippen LogP contribution in [-0.2, 0) is 49.6 Å². The summed E-state index contributed by atoms with van der Waals surface area (Å²) in [4.78, 5) is 127. The SMILES string of the molecule is CC[C@H](C)[C@@H]1NC(=O)CNC(=O)C2Cc3c([nH]c4ccc(O)cc34)SCC(NC(=O)CNC1=O)C(=O)N[C@@H](CC(N)=O)C(=O)N1C[C@H](O)C[C@@]1(C=O)N[C@@H]([C@@H](C)[C@@H](O)CO)C(=O)N2. The summed E-state index contributed by atoms with van der Waals surface area (Å²) in [6, 6.07) is -3.62. The summed E-state index contributed by atoms with van der Waals surface area (Å²) in [6.07, 6.45) is -4.23. The first kappa shape index (κ1) is 48.2. The first-order chi connectivity index (χ1) is 29.8. The monoisotopic (exact) mass is 902 g/mol. The summed E-state index contributed by atoms with van der Waals surface area (Å²) in [5, 5.41) is 60.8. The van der Waals surface area contributed by atoms with E-state index < -0.39 is 146 Å². The maximum Gasteiger partial charge on any atom is 0.247 e. The molecular weight excluding hydrogens is 849 g/mol. The van der Waals surface area contributed by atoms with Gasteiger partial charge in [-0.3, -0.25) is 48.5 Å². The third-order valence-electron chi connectivity index (χ3n) is 11.5. The molecule has 63 heavy (non-hydrogen) atoms. The van der Waals surface area contributed by atoms with E-state index in [4.69, 9.17) is 5.73 Å². The van der Waals surface area contributed by atoms with Crippen LogP contribution in [0.1, 0.15) is 45.6 Å². The predicted molar refractivity (Wildman–Crippen MR) is 222 cm³/mol. The van der Waals surface area contributed by atoms with Crippen LogP contribution in [0, 0.1) is 11.8 Å². The molecule has 5 rings (SSSR count). The summed E-state index contributed by atoms with van der Waals surface area (Å²) in [7, 11) is 0. The van der Waals surface area contributed by atoms with Crippen LogP contribution in [0.3, 0.4) is 0 Å². The molecular formula is C39H54N10O13S. The Labute approximate surface area is 364 Å². The van der Waals surface area contributed by atoms with E-state index in [1.54, 1.807) is 13.8 Å². The zero-order chi connectivity index (χ0) is 46.3. The lowest BCUT2D eigenvalue weighted by Crippen LogP contribution is -2.69. The third-order valence-corrected chi connectivity index (χ3v) is 12.6. The molecule has 1 aromatic heterocycles. The summed E-state index contributed by atoms with van der Waals surface area (Å²) >= 11 is 0.947. The molecule has 0 radical (unpaired) electrons. The number of carbonyl (C=O) groups is 9. The van der Waals surface area contributed by atoms with Crippen LogP contribution in [0.4, 0.5) is 0 Å². The van der Waals surface area contributed by atoms with Gasteiger partial charge in [0, 0.05) is 42.0 Å². The highest BCUT2D eigenvalue weighted by Gasteiger charge is 2.52. The number of carbonyl (C=O) groups excluding carboxylic acids is 9. The number of nitrogens with one attached hydrogen (secondary N) is 8. The number of hydrogen-bond acceptors (Lipinski definition) is 15. The fourth-order valence-corrected chi connectivity index (χ4v) is 8.85. The molecule has 4 heterocycles. The number of rotatable bonds is 8. The van der Waals surface area contributed by atoms with Crippen LogP contribution in [0.2, 0.25) is 0 Å². The van der Waals surface area contributed by atoms with Crippen molar-refractivity contribution >= 4 is 76.2 Å². The van der Waals surface area contributed by atoms with E-state index in [2.05, 4.69) is 42.2 Å². The average Bonchev–Trinajstić information content (AvgIpc) is 3.77. The molecule has 24 heteroatoms. The van der Waals surface area contributed by atoms with Crippen molar-refractivity contribution in [2.45, 2.75) is 99.6 Å². The lowest BCUT2D eigenvalue weighted by Gasteiger charge is -2.41. The molecule has 8 amide bonds. The Kier molecular flexibility index (Phi) is 15.7. The van der Waals surface area contributed by atoms with Gasteiger partial charge in [0.15, 0.2) is 11.9 Å². The van der Waals surface area contributed by atoms with E-state index in [9.17, 15) is 63.6 Å². The number of aromatic hydroxyl groups is 1. The van der Waals surface area contributed by atoms with Crippen LogP contribution < -0.4 is 43.0 Å². The van der Waals surface area contributed by atoms with E-state index >= 15 is 0 Å². The molecule has 0 aliphatic carbocycles. The van der Waals surface area contributed by atoms with Gasteiger partial charge in [-0.05, 0) is 29.7 Å². The van der Waals surface area contributed by atoms with Crippen LogP contribution in [-0.4, -0.2) is 164 Å². The predicted octanol–water partition coefficient (Wildman–Crippen LogP) is -4.94. The topological polar surface area (TPSA) is 364 Å². The van der Waals surface area contributed by atoms with Crippen molar-refractivity contribution in [3.05, 3.63) is 23.8 Å². The Bertz CT molecular complexity index is 2120. The molecule has 14 N–H and O–H groups in total. The number of H-pyrrole nitrogens is 1. The van der Waals surface area contributed by atoms with Gasteiger partial charge in [-0.15, -0.1) is 11.8 Å². The summed E-state index contributed by atoms with van der Waals surface area (Å²) in [6.45, 7) is 1.92. The number of amides is 8. The molecule has 2 bridgehead atoms. The van der Waals surface area contributed by atoms with Gasteiger partial charge in [-0.2, -0.15) is 0 Å². The number of aldehydes is 1. The second-order valence-corrected chi connectivity index (χ2v) is 17.1. The largest absolute Gasteiger partial charge is 0.508 e. The lowest BCUT2D eigenvalue weighted by molar-refractivity contribution is -0.147. The number of aliphatic hydroxyl groups is 3. The van der Waals surface area contributed by atoms with E-state index in [0.717, 1.165) is 16.7 Å². The van der Waals surface area contributed by atoms with Gasteiger partial charge in [-0.1, -0.05) is 27.2 Å². The second kappa shape index (κ2) is 20.6. The molecule has 1 aromatic carbocycles. The van der Waals surface area contributed by atoms with Crippen molar-refractivity contribution in [2.24, 2.45) is 17.6 Å². The van der Waals surface area contributed by atoms with Crippen LogP contribution in [0.25, 0.3) is 10.9 Å². The molecule has 344 valence electrons. The maximum atomic E-state index is 14.6. The maximum absolute atomic E-state index is 14.6. The summed E-state index contributed by atoms with van der Waals surface area (Å²) < 4.78 is 0. The van der Waals surface area contributed by atoms with Crippen molar-refractivity contribution in [1.82, 2.24) is 47.1 Å². The van der Waals surface area contributed by atoms with Crippen molar-refractivity contribution in [2.75, 3.05) is 32.0 Å². The fourth-order valence-electron chi connectivity index (χ4n) is 7.73. The van der Waals surface area contributed by atoms with Crippen LogP contribution in [0.15, 0.2) is 23.2 Å². The number of benzene rings is 1. The Morgan fingerprint density at radius 2 is 1.63 bits per heavy atom. The first-order valence-electron chi connectivity index (χ1n) is 20.3. The number of aromatic amines is 1. The highest BCUT2D eigenvalue weighted by atomic mass is 32.2. The van der Waals surface area contributed by atoms with Gasteiger partial charge >= 0.3 is 0 Å². The number of aromatic nitrogens is 1. The second-order valence-electron chi connectivity index (χ2n) is 16.0. The zero-order valence-corrected chi connectivity index (χ0v) is 35.6. The number of aliphatic hydroxyl groups excluding tert-OH is 3. The van der Waals surface area contributed by atoms with Gasteiger partial charge in [0.1, 0.15) is 29.9 Å². The van der Waals surface area contributed by atoms with Crippen molar-refractivity contribution < 1.29 is 63.6 Å². The number of primary amides is 1. The minimum absolute atomic E-state index is 0.181. The molecule has 23 nitrogen and oxygen atoms in total. The molecule has 1 fully saturated rings. The number of fused-ring (bicyclic) bond motifs is 5. The van der Waals surface area contributed by atoms with Gasteiger partial charge < -0.3 is 67.9 Å². The van der Waals surface area contributed by atoms with Gasteiger partial charge in [0.2, 0.25) is 47.3 Å². The zero-order valence-electron chi connectivity index (χ0n) is 34.8. The minimum atomic E-state index is -2.28. The molecule has 0 saturated carbocycles. The Balaban J connectivity index is 1.74. The van der Waals surface area contributed by atoms with Gasteiger partial charge in [0.05, 0.1) is 49.4 Å². The highest BCUT2D eigenvalue weighted by Crippen LogP contribution is 2.34. The third kappa shape index (κ3) is 11.2. The number of phenols is 1. The number of nitrogens with zero attached hydrogens (tertiary/aromatic N) is 1. The smallest absolute Gasteiger partial charge is 0.247 e. The average molecular weight is 903 g/mol. The number of phenolic OH excluding ortho intramolecular Hbond substituents is 1. The number of thioether (sulfide) groups is 1. The Morgan fingerprint density at radius 3 is 2.29 bits per heavy atom. The van der Waals surface area contributed by atoms with Gasteiger partial charge in [-0.25, -0.2) is 0 Å². The fraction of sp³-hybridized carbons (Fsp3) is 0.564. The van der Waals surface area contributed by atoms with Crippen molar-refractivity contribution in [3.63, 3.8) is 0 Å². The molecule has 1 saturated heterocycles. The standard InChI is InChI=1S/C39H54N10O13S/c1-4-17(2)31-35(60)42-11-29(56)43-26-15-63-37-22(21-7-19(52)5-6-23(21)46-37)8-24(33(58)41-12-30(57)47-31)44-36(61)32(18(3)27(54)14-50)48-39(16-51)10-20(53)13-49(39)38(62)25(9-28(40)55)45-34(26)59/h5-7,16-18,20,24-27,31-32,46,48,50,52-54H,4,8-15H2,1-3H3,(H2,40,55)(H,41,58)(H,42,60)(H,43,56)(H,44,61)(H,45,59)(H,47,57)/t17-,18-,20+,24?,25-,26?,27-,31-,32-,39+/m0/s1. The van der Waals surface area contributed by atoms with E-state index in [-0.39, 0.29) is 29.2 Å². The van der Waals surface area contributed by atoms with E-state index in [1.807, 2.05) is 0 Å². The van der Waals surface area contributed by atoms with Crippen molar-refractivity contribution in [1.29, 1.82) is 0 Å². The quantitative estimate of drug-likeness (QED) is 0.110. The molecule has 3 aliphatic heterocycles. The molecule has 10 atom stereocenters. The molecule has 0 spiro atoms. The molecule has 3 aliphatic rings. The Hall–Kier alpha value is -5.82. The van der Waals surface area contributed by atoms with E-state index in [0.29, 0.717) is 22.9 Å². The Morgan fingerprint density at radius 1 is 0.952 bits per heavy atom. The van der Waals surface area contributed by atoms with E-state index in [1.165, 1.54) is 25.1 Å². The molecule has 2 aromatic rings. The lowest BCUT2D eigenvalue weighted by atomic mass is 9.92. The molecule has 2 unspecified atom stereocenters. The number of hydrogen-bond donors (Lipinski definition) is 13. The van der Waals surface area contributed by atoms with Crippen LogP contribution >= 0.6 is 11.8 Å². The normalized spacial score (nSPS) is 28.6. The van der Waals surface area contributed by atoms with Crippen molar-refractivity contribution in [3.8, 4) is 5.75 Å². The summed E-state index contributed by atoms with van der Waals surface area (Å²) in [5.74, 6) is -9.94. The van der Waals surface area contributed by atoms with Gasteiger partial charge in [0.25, 0.3) is 0 Å². The first-order valence-corrected chi connectivity index (χ1v) is 21.3. The number of nitrogens with two attached hydrogens (primary N) is 1. The highest BCUT2D eigenvalue weighted by molar-refractivity contribution is 7.99. The van der Waals surface area contributed by atoms with Crippen LogP contribution in [0.5, 0.6) is 5.75 Å². The minimum Gasteiger partial charge on any atom is -0.508 e.